The summed E-state index contributed by atoms with van der Waals surface area (Å²) in [6, 6.07) is 0. The molecule has 0 aliphatic rings. The lowest BCUT2D eigenvalue weighted by Crippen LogP contribution is -2.22. The number of hydrogen-bond donors (Lipinski definition) is 1. The molecular weight excluding hydrogens is 149 g/mol. The molecule has 0 radical (unpaired) electrons. The van der Waals surface area contributed by atoms with Gasteiger partial charge >= 0.3 is 5.97 Å². The van der Waals surface area contributed by atoms with E-state index in [1.54, 1.807) is 0 Å². The van der Waals surface area contributed by atoms with Gasteiger partial charge in [-0.1, -0.05) is 0 Å². The number of alkyl halides is 1. The Labute approximate surface area is 55.4 Å². The van der Waals surface area contributed by atoms with E-state index in [4.69, 9.17) is 16.7 Å². The number of aliphatic carboxylic acids is 1. The minimum Gasteiger partial charge on any atom is -0.480 e. The fraction of sp³-hybridized carbons (Fsp3) is 0.667. The van der Waals surface area contributed by atoms with Crippen LogP contribution in [0.4, 0.5) is 0 Å². The van der Waals surface area contributed by atoms with Gasteiger partial charge in [0.05, 0.1) is 0 Å². The molecule has 9 heavy (non-hydrogen) atoms. The summed E-state index contributed by atoms with van der Waals surface area (Å²) in [7, 11) is 0. The summed E-state index contributed by atoms with van der Waals surface area (Å²) in [5.41, 5.74) is 0. The molecule has 0 saturated carbocycles. The van der Waals surface area contributed by atoms with E-state index in [1.807, 2.05) is 0 Å². The summed E-state index contributed by atoms with van der Waals surface area (Å²) in [6.45, 7) is -0.739. The highest BCUT2D eigenvalue weighted by Gasteiger charge is 2.19. The highest BCUT2D eigenvalue weighted by molar-refractivity contribution is 6.29. The van der Waals surface area contributed by atoms with Crippen LogP contribution in [0.2, 0.25) is 0 Å². The van der Waals surface area contributed by atoms with Crippen molar-refractivity contribution in [2.45, 2.75) is 5.38 Å². The van der Waals surface area contributed by atoms with Crippen molar-refractivity contribution in [2.75, 3.05) is 6.54 Å². The fourth-order valence-corrected chi connectivity index (χ4v) is 0.322. The van der Waals surface area contributed by atoms with Crippen molar-refractivity contribution in [3.05, 3.63) is 10.1 Å². The Morgan fingerprint density at radius 3 is 2.44 bits per heavy atom. The Morgan fingerprint density at radius 1 is 1.89 bits per heavy atom. The molecule has 5 nitrogen and oxygen atoms in total. The van der Waals surface area contributed by atoms with Gasteiger partial charge in [-0.05, 0) is 0 Å². The zero-order valence-corrected chi connectivity index (χ0v) is 5.04. The summed E-state index contributed by atoms with van der Waals surface area (Å²) in [6.07, 6.45) is 0. The first-order valence-corrected chi connectivity index (χ1v) is 2.46. The van der Waals surface area contributed by atoms with Crippen LogP contribution in [-0.4, -0.2) is 27.9 Å². The summed E-state index contributed by atoms with van der Waals surface area (Å²) >= 11 is 4.97. The lowest BCUT2D eigenvalue weighted by Gasteiger charge is -1.94. The molecule has 0 aromatic heterocycles. The first-order valence-electron chi connectivity index (χ1n) is 2.02. The van der Waals surface area contributed by atoms with Crippen LogP contribution in [0.5, 0.6) is 0 Å². The van der Waals surface area contributed by atoms with Crippen molar-refractivity contribution >= 4 is 17.6 Å². The summed E-state index contributed by atoms with van der Waals surface area (Å²) < 4.78 is 0. The second-order valence-electron chi connectivity index (χ2n) is 1.32. The van der Waals surface area contributed by atoms with Gasteiger partial charge in [-0.25, -0.2) is 0 Å². The lowest BCUT2D eigenvalue weighted by atomic mass is 10.4. The molecule has 0 rings (SSSR count). The lowest BCUT2D eigenvalue weighted by molar-refractivity contribution is -0.478. The maximum absolute atomic E-state index is 9.80. The standard InChI is InChI=1S/C3H4ClNO4/c4-2(3(6)7)1-5(8)9/h2H,1H2,(H,6,7). The summed E-state index contributed by atoms with van der Waals surface area (Å²) in [4.78, 5) is 18.6. The van der Waals surface area contributed by atoms with Gasteiger partial charge in [-0.15, -0.1) is 11.6 Å². The Morgan fingerprint density at radius 2 is 2.33 bits per heavy atom. The molecule has 0 spiro atoms. The van der Waals surface area contributed by atoms with Gasteiger partial charge < -0.3 is 5.11 Å². The van der Waals surface area contributed by atoms with E-state index in [2.05, 4.69) is 0 Å². The Balaban J connectivity index is 3.63. The first-order chi connectivity index (χ1) is 4.04. The topological polar surface area (TPSA) is 80.4 Å². The van der Waals surface area contributed by atoms with E-state index in [-0.39, 0.29) is 0 Å². The molecule has 0 heterocycles. The number of nitro groups is 1. The Bertz CT molecular complexity index is 136. The van der Waals surface area contributed by atoms with Crippen molar-refractivity contribution in [3.8, 4) is 0 Å². The van der Waals surface area contributed by atoms with Gasteiger partial charge in [0.15, 0.2) is 5.38 Å². The van der Waals surface area contributed by atoms with E-state index in [1.165, 1.54) is 0 Å². The number of hydrogen-bond acceptors (Lipinski definition) is 3. The number of rotatable bonds is 3. The van der Waals surface area contributed by atoms with E-state index in [0.717, 1.165) is 0 Å². The largest absolute Gasteiger partial charge is 0.480 e. The molecule has 0 fully saturated rings. The Kier molecular flexibility index (Phi) is 2.94. The van der Waals surface area contributed by atoms with Gasteiger partial charge in [0.25, 0.3) is 0 Å². The number of halogens is 1. The smallest absolute Gasteiger partial charge is 0.328 e. The molecular formula is C3H4ClNO4. The second kappa shape index (κ2) is 3.24. The zero-order chi connectivity index (χ0) is 7.44. The minimum atomic E-state index is -1.42. The van der Waals surface area contributed by atoms with Gasteiger partial charge in [-0.2, -0.15) is 0 Å². The van der Waals surface area contributed by atoms with Crippen LogP contribution in [0.25, 0.3) is 0 Å². The van der Waals surface area contributed by atoms with Crippen LogP contribution in [0, 0.1) is 10.1 Å². The molecule has 1 atom stereocenters. The molecule has 0 aliphatic heterocycles. The molecule has 0 aromatic carbocycles. The number of carbonyl (C=O) groups is 1. The second-order valence-corrected chi connectivity index (χ2v) is 1.85. The third kappa shape index (κ3) is 3.72. The molecule has 0 aliphatic carbocycles. The summed E-state index contributed by atoms with van der Waals surface area (Å²) in [5.74, 6) is -1.37. The van der Waals surface area contributed by atoms with Gasteiger partial charge in [0.2, 0.25) is 6.54 Å². The van der Waals surface area contributed by atoms with E-state index in [0.29, 0.717) is 0 Å². The van der Waals surface area contributed by atoms with Crippen LogP contribution in [-0.2, 0) is 4.79 Å². The average molecular weight is 154 g/mol. The predicted octanol–water partition coefficient (Wildman–Crippen LogP) is -0.0449. The van der Waals surface area contributed by atoms with E-state index < -0.39 is 22.8 Å². The predicted molar refractivity (Wildman–Crippen MR) is 29.1 cm³/mol. The third-order valence-corrected chi connectivity index (χ3v) is 0.902. The SMILES string of the molecule is O=C(O)C(Cl)C[N+](=O)[O-]. The quantitative estimate of drug-likeness (QED) is 0.350. The van der Waals surface area contributed by atoms with Crippen molar-refractivity contribution < 1.29 is 14.8 Å². The van der Waals surface area contributed by atoms with Gasteiger partial charge in [0.1, 0.15) is 0 Å². The van der Waals surface area contributed by atoms with E-state index in [9.17, 15) is 14.9 Å². The summed E-state index contributed by atoms with van der Waals surface area (Å²) in [5, 5.41) is 16.1. The first kappa shape index (κ1) is 8.16. The van der Waals surface area contributed by atoms with Crippen LogP contribution < -0.4 is 0 Å². The van der Waals surface area contributed by atoms with Crippen molar-refractivity contribution in [1.29, 1.82) is 0 Å². The highest BCUT2D eigenvalue weighted by Crippen LogP contribution is 1.94. The van der Waals surface area contributed by atoms with E-state index >= 15 is 0 Å². The maximum atomic E-state index is 9.80. The molecule has 6 heteroatoms. The molecule has 1 unspecified atom stereocenters. The third-order valence-electron chi connectivity index (χ3n) is 0.577. The fourth-order valence-electron chi connectivity index (χ4n) is 0.209. The van der Waals surface area contributed by atoms with Crippen LogP contribution in [0.15, 0.2) is 0 Å². The van der Waals surface area contributed by atoms with Gasteiger partial charge in [0, 0.05) is 4.92 Å². The van der Waals surface area contributed by atoms with Crippen LogP contribution in [0.1, 0.15) is 0 Å². The normalized spacial score (nSPS) is 12.6. The number of carboxylic acids is 1. The molecule has 0 bridgehead atoms. The molecule has 0 saturated heterocycles. The molecule has 52 valence electrons. The number of carboxylic acid groups (broad SMARTS) is 1. The highest BCUT2D eigenvalue weighted by atomic mass is 35.5. The molecule has 0 amide bonds. The van der Waals surface area contributed by atoms with Crippen molar-refractivity contribution in [2.24, 2.45) is 0 Å². The molecule has 1 N–H and O–H groups in total. The van der Waals surface area contributed by atoms with Crippen LogP contribution >= 0.6 is 11.6 Å². The van der Waals surface area contributed by atoms with Crippen molar-refractivity contribution in [1.82, 2.24) is 0 Å². The molecule has 0 aromatic rings. The average Bonchev–Trinajstić information content (AvgIpc) is 1.63. The minimum absolute atomic E-state index is 0.739. The van der Waals surface area contributed by atoms with Gasteiger partial charge in [-0.3, -0.25) is 14.9 Å². The monoisotopic (exact) mass is 153 g/mol. The zero-order valence-electron chi connectivity index (χ0n) is 4.28. The Hall–Kier alpha value is -0.840. The van der Waals surface area contributed by atoms with Crippen molar-refractivity contribution in [3.63, 3.8) is 0 Å². The van der Waals surface area contributed by atoms with Crippen LogP contribution in [0.3, 0.4) is 0 Å². The number of nitrogens with zero attached hydrogens (tertiary/aromatic N) is 1. The maximum Gasteiger partial charge on any atom is 0.328 e.